The number of carbonyl (C=O) groups excluding carboxylic acids is 1. The first-order valence-corrected chi connectivity index (χ1v) is 4.69. The number of aromatic nitrogens is 4. The summed E-state index contributed by atoms with van der Waals surface area (Å²) < 4.78 is 1.50. The lowest BCUT2D eigenvalue weighted by Crippen LogP contribution is -2.15. The van der Waals surface area contributed by atoms with Gasteiger partial charge in [0.2, 0.25) is 11.6 Å². The van der Waals surface area contributed by atoms with Crippen LogP contribution in [0.3, 0.4) is 0 Å². The summed E-state index contributed by atoms with van der Waals surface area (Å²) in [7, 11) is 0. The van der Waals surface area contributed by atoms with Crippen LogP contribution in [0.25, 0.3) is 5.78 Å². The largest absolute Gasteiger partial charge is 0.324 e. The Morgan fingerprint density at radius 3 is 3.07 bits per heavy atom. The molecule has 2 N–H and O–H groups in total. The Labute approximate surface area is 86.1 Å². The first kappa shape index (κ1) is 9.72. The fourth-order valence-electron chi connectivity index (χ4n) is 1.21. The van der Waals surface area contributed by atoms with Crippen molar-refractivity contribution in [3.05, 3.63) is 23.8 Å². The number of aryl methyl sites for hydroxylation is 1. The molecule has 0 saturated heterocycles. The first-order chi connectivity index (χ1) is 7.24. The van der Waals surface area contributed by atoms with Crippen LogP contribution in [0, 0.1) is 0 Å². The number of nitrogens with zero attached hydrogens (tertiary/aromatic N) is 4. The van der Waals surface area contributed by atoms with E-state index in [1.807, 2.05) is 13.1 Å². The quantitative estimate of drug-likeness (QED) is 0.703. The topological polar surface area (TPSA) is 86.2 Å². The molecule has 2 aromatic rings. The molecule has 0 aromatic carbocycles. The van der Waals surface area contributed by atoms with Gasteiger partial charge in [-0.05, 0) is 12.0 Å². The van der Waals surface area contributed by atoms with Crippen molar-refractivity contribution < 1.29 is 4.79 Å². The predicted octanol–water partition coefficient (Wildman–Crippen LogP) is -0.172. The van der Waals surface area contributed by atoms with Crippen molar-refractivity contribution in [2.75, 3.05) is 6.54 Å². The average Bonchev–Trinajstić information content (AvgIpc) is 2.70. The van der Waals surface area contributed by atoms with Crippen LogP contribution in [-0.2, 0) is 6.42 Å². The monoisotopic (exact) mass is 205 g/mol. The number of fused-ring (bicyclic) bond motifs is 1. The van der Waals surface area contributed by atoms with Gasteiger partial charge < -0.3 is 5.73 Å². The van der Waals surface area contributed by atoms with Gasteiger partial charge in [0, 0.05) is 12.4 Å². The molecule has 0 saturated carbocycles. The molecule has 0 aliphatic heterocycles. The fourth-order valence-corrected chi connectivity index (χ4v) is 1.21. The van der Waals surface area contributed by atoms with Crippen LogP contribution in [0.4, 0.5) is 0 Å². The molecule has 6 heteroatoms. The predicted molar refractivity (Wildman–Crippen MR) is 53.5 cm³/mol. The Hall–Kier alpha value is -1.82. The molecular formula is C9H11N5O. The second-order valence-corrected chi connectivity index (χ2v) is 3.12. The summed E-state index contributed by atoms with van der Waals surface area (Å²) >= 11 is 0. The smallest absolute Gasteiger partial charge is 0.252 e. The summed E-state index contributed by atoms with van der Waals surface area (Å²) in [6, 6.07) is 0. The van der Waals surface area contributed by atoms with E-state index in [-0.39, 0.29) is 18.2 Å². The van der Waals surface area contributed by atoms with Crippen molar-refractivity contribution in [3.8, 4) is 0 Å². The van der Waals surface area contributed by atoms with Gasteiger partial charge in [0.1, 0.15) is 0 Å². The van der Waals surface area contributed by atoms with E-state index >= 15 is 0 Å². The third-order valence-corrected chi connectivity index (χ3v) is 2.09. The SMILES string of the molecule is CCc1cnc2nc(C(=O)CN)nn2c1. The Balaban J connectivity index is 2.51. The van der Waals surface area contributed by atoms with Gasteiger partial charge in [0.05, 0.1) is 6.54 Å². The molecule has 0 unspecified atom stereocenters. The molecule has 6 nitrogen and oxygen atoms in total. The molecule has 78 valence electrons. The Bertz CT molecular complexity index is 504. The van der Waals surface area contributed by atoms with Crippen LogP contribution in [0.1, 0.15) is 23.1 Å². The summed E-state index contributed by atoms with van der Waals surface area (Å²) in [4.78, 5) is 19.3. The second kappa shape index (κ2) is 3.74. The second-order valence-electron chi connectivity index (χ2n) is 3.12. The van der Waals surface area contributed by atoms with E-state index in [0.29, 0.717) is 5.78 Å². The van der Waals surface area contributed by atoms with Crippen LogP contribution in [0.15, 0.2) is 12.4 Å². The number of hydrogen-bond donors (Lipinski definition) is 1. The van der Waals surface area contributed by atoms with Crippen molar-refractivity contribution in [1.82, 2.24) is 19.6 Å². The van der Waals surface area contributed by atoms with Crippen LogP contribution in [0.2, 0.25) is 0 Å². The van der Waals surface area contributed by atoms with Gasteiger partial charge >= 0.3 is 0 Å². The van der Waals surface area contributed by atoms with E-state index in [0.717, 1.165) is 12.0 Å². The molecular weight excluding hydrogens is 194 g/mol. The van der Waals surface area contributed by atoms with Gasteiger partial charge in [0.25, 0.3) is 5.78 Å². The number of rotatable bonds is 3. The maximum absolute atomic E-state index is 11.2. The molecule has 2 heterocycles. The van der Waals surface area contributed by atoms with Crippen LogP contribution in [0.5, 0.6) is 0 Å². The van der Waals surface area contributed by atoms with Gasteiger partial charge in [-0.3, -0.25) is 4.79 Å². The highest BCUT2D eigenvalue weighted by Gasteiger charge is 2.11. The molecule has 15 heavy (non-hydrogen) atoms. The van der Waals surface area contributed by atoms with Crippen molar-refractivity contribution in [3.63, 3.8) is 0 Å². The van der Waals surface area contributed by atoms with Gasteiger partial charge in [-0.1, -0.05) is 6.92 Å². The third kappa shape index (κ3) is 1.71. The lowest BCUT2D eigenvalue weighted by atomic mass is 10.3. The molecule has 2 rings (SSSR count). The minimum absolute atomic E-state index is 0.0858. The highest BCUT2D eigenvalue weighted by molar-refractivity contribution is 5.94. The molecule has 0 fully saturated rings. The highest BCUT2D eigenvalue weighted by atomic mass is 16.1. The summed E-state index contributed by atoms with van der Waals surface area (Å²) in [5.41, 5.74) is 6.26. The molecule has 0 aliphatic rings. The number of ketones is 1. The number of nitrogens with two attached hydrogens (primary N) is 1. The zero-order valence-electron chi connectivity index (χ0n) is 8.34. The molecule has 0 bridgehead atoms. The summed E-state index contributed by atoms with van der Waals surface area (Å²) in [6.07, 6.45) is 4.40. The maximum Gasteiger partial charge on any atom is 0.252 e. The summed E-state index contributed by atoms with van der Waals surface area (Å²) in [5.74, 6) is 0.265. The maximum atomic E-state index is 11.2. The zero-order chi connectivity index (χ0) is 10.8. The van der Waals surface area contributed by atoms with Crippen molar-refractivity contribution in [2.45, 2.75) is 13.3 Å². The molecule has 0 aliphatic carbocycles. The molecule has 0 amide bonds. The Kier molecular flexibility index (Phi) is 2.42. The van der Waals surface area contributed by atoms with Crippen molar-refractivity contribution in [1.29, 1.82) is 0 Å². The molecule has 0 spiro atoms. The normalized spacial score (nSPS) is 10.8. The Morgan fingerprint density at radius 2 is 2.40 bits per heavy atom. The number of carbonyl (C=O) groups is 1. The van der Waals surface area contributed by atoms with E-state index in [4.69, 9.17) is 5.73 Å². The van der Waals surface area contributed by atoms with Gasteiger partial charge in [0.15, 0.2) is 0 Å². The van der Waals surface area contributed by atoms with Crippen LogP contribution < -0.4 is 5.73 Å². The number of hydrogen-bond acceptors (Lipinski definition) is 5. The van der Waals surface area contributed by atoms with Crippen LogP contribution in [-0.4, -0.2) is 31.9 Å². The van der Waals surface area contributed by atoms with Gasteiger partial charge in [-0.15, -0.1) is 5.10 Å². The standard InChI is InChI=1S/C9H11N5O/c1-2-6-4-11-9-12-8(7(15)3-10)13-14(9)5-6/h4-5H,2-3,10H2,1H3. The summed E-state index contributed by atoms with van der Waals surface area (Å²) in [6.45, 7) is 1.93. The lowest BCUT2D eigenvalue weighted by Gasteiger charge is -1.94. The summed E-state index contributed by atoms with van der Waals surface area (Å²) in [5, 5.41) is 4.01. The van der Waals surface area contributed by atoms with E-state index < -0.39 is 0 Å². The molecule has 0 radical (unpaired) electrons. The van der Waals surface area contributed by atoms with E-state index in [1.54, 1.807) is 6.20 Å². The van der Waals surface area contributed by atoms with Crippen LogP contribution >= 0.6 is 0 Å². The van der Waals surface area contributed by atoms with Gasteiger partial charge in [-0.2, -0.15) is 4.98 Å². The van der Waals surface area contributed by atoms with Gasteiger partial charge in [-0.25, -0.2) is 9.50 Å². The van der Waals surface area contributed by atoms with Crippen molar-refractivity contribution in [2.24, 2.45) is 5.73 Å². The molecule has 2 aromatic heterocycles. The zero-order valence-corrected chi connectivity index (χ0v) is 8.34. The minimum atomic E-state index is -0.279. The number of Topliss-reactive ketones (excluding diaryl/α,β-unsaturated/α-hetero) is 1. The lowest BCUT2D eigenvalue weighted by molar-refractivity contribution is 0.0992. The van der Waals surface area contributed by atoms with E-state index in [9.17, 15) is 4.79 Å². The van der Waals surface area contributed by atoms with Crippen molar-refractivity contribution >= 4 is 11.6 Å². The molecule has 0 atom stereocenters. The average molecular weight is 205 g/mol. The van der Waals surface area contributed by atoms with E-state index in [2.05, 4.69) is 15.1 Å². The van der Waals surface area contributed by atoms with E-state index in [1.165, 1.54) is 4.52 Å². The fraction of sp³-hybridized carbons (Fsp3) is 0.333. The minimum Gasteiger partial charge on any atom is -0.324 e. The first-order valence-electron chi connectivity index (χ1n) is 4.69. The highest BCUT2D eigenvalue weighted by Crippen LogP contribution is 2.02. The Morgan fingerprint density at radius 1 is 1.60 bits per heavy atom. The third-order valence-electron chi connectivity index (χ3n) is 2.09.